The van der Waals surface area contributed by atoms with Gasteiger partial charge in [0, 0.05) is 48.1 Å². The van der Waals surface area contributed by atoms with Gasteiger partial charge in [0.1, 0.15) is 5.82 Å². The molecule has 2 aromatic heterocycles. The van der Waals surface area contributed by atoms with Crippen molar-refractivity contribution in [3.8, 4) is 5.69 Å². The fraction of sp³-hybridized carbons (Fsp3) is 0.417. The molecule has 1 aliphatic rings. The number of rotatable bonds is 7. The molecule has 0 aliphatic heterocycles. The maximum Gasteiger partial charge on any atom is 0.127 e. The van der Waals surface area contributed by atoms with Crippen molar-refractivity contribution in [2.75, 3.05) is 19.0 Å². The molecule has 0 bridgehead atoms. The van der Waals surface area contributed by atoms with Gasteiger partial charge in [-0.15, -0.1) is 0 Å². The van der Waals surface area contributed by atoms with Crippen LogP contribution in [0.4, 0.5) is 5.69 Å². The number of halogens is 1. The molecular weight excluding hydrogens is 394 g/mol. The normalized spacial score (nSPS) is 14.9. The third kappa shape index (κ3) is 5.02. The van der Waals surface area contributed by atoms with E-state index in [-0.39, 0.29) is 0 Å². The molecule has 0 saturated heterocycles. The first kappa shape index (κ1) is 20.9. The second-order valence-corrected chi connectivity index (χ2v) is 8.70. The fourth-order valence-corrected chi connectivity index (χ4v) is 4.42. The minimum atomic E-state index is 0.650. The van der Waals surface area contributed by atoms with Crippen LogP contribution in [0.5, 0.6) is 0 Å². The molecule has 0 amide bonds. The largest absolute Gasteiger partial charge is 0.369 e. The Kier molecular flexibility index (Phi) is 6.70. The van der Waals surface area contributed by atoms with Crippen molar-refractivity contribution in [1.29, 1.82) is 0 Å². The minimum Gasteiger partial charge on any atom is -0.369 e. The van der Waals surface area contributed by atoms with Gasteiger partial charge in [0.15, 0.2) is 0 Å². The van der Waals surface area contributed by atoms with E-state index >= 15 is 0 Å². The lowest BCUT2D eigenvalue weighted by atomic mass is 9.94. The molecule has 6 heteroatoms. The first-order chi connectivity index (χ1) is 14.6. The van der Waals surface area contributed by atoms with Gasteiger partial charge in [0.25, 0.3) is 0 Å². The third-order valence-electron chi connectivity index (χ3n) is 6.03. The molecule has 0 atom stereocenters. The summed E-state index contributed by atoms with van der Waals surface area (Å²) in [6.07, 6.45) is 12.4. The van der Waals surface area contributed by atoms with Gasteiger partial charge in [0.2, 0.25) is 0 Å². The molecule has 0 unspecified atom stereocenters. The molecule has 0 spiro atoms. The van der Waals surface area contributed by atoms with Crippen LogP contribution in [0.2, 0.25) is 5.02 Å². The van der Waals surface area contributed by atoms with Crippen molar-refractivity contribution >= 4 is 17.3 Å². The number of aromatic nitrogens is 3. The third-order valence-corrected chi connectivity index (χ3v) is 6.28. The zero-order chi connectivity index (χ0) is 20.9. The summed E-state index contributed by atoms with van der Waals surface area (Å²) in [5.74, 6) is 1.07. The Labute approximate surface area is 184 Å². The minimum absolute atomic E-state index is 0.650. The number of imidazole rings is 1. The van der Waals surface area contributed by atoms with Crippen molar-refractivity contribution in [2.45, 2.75) is 51.2 Å². The molecule has 1 fully saturated rings. The summed E-state index contributed by atoms with van der Waals surface area (Å²) in [6, 6.07) is 12.7. The van der Waals surface area contributed by atoms with E-state index in [0.717, 1.165) is 41.0 Å². The number of benzene rings is 1. The molecule has 2 heterocycles. The van der Waals surface area contributed by atoms with Gasteiger partial charge in [0.05, 0.1) is 18.8 Å². The number of pyridine rings is 1. The van der Waals surface area contributed by atoms with Crippen LogP contribution in [-0.2, 0) is 13.1 Å². The summed E-state index contributed by atoms with van der Waals surface area (Å²) in [5.41, 5.74) is 3.28. The molecule has 30 heavy (non-hydrogen) atoms. The first-order valence-electron chi connectivity index (χ1n) is 10.7. The van der Waals surface area contributed by atoms with Crippen LogP contribution in [0, 0.1) is 0 Å². The molecule has 1 aliphatic carbocycles. The quantitative estimate of drug-likeness (QED) is 0.515. The summed E-state index contributed by atoms with van der Waals surface area (Å²) in [6.45, 7) is 1.58. The van der Waals surface area contributed by atoms with Gasteiger partial charge < -0.3 is 9.47 Å². The van der Waals surface area contributed by atoms with Crippen molar-refractivity contribution in [3.63, 3.8) is 0 Å². The summed E-state index contributed by atoms with van der Waals surface area (Å²) in [7, 11) is 4.32. The van der Waals surface area contributed by atoms with Gasteiger partial charge in [-0.05, 0) is 56.3 Å². The van der Waals surface area contributed by atoms with E-state index in [1.165, 1.54) is 32.1 Å². The monoisotopic (exact) mass is 423 g/mol. The topological polar surface area (TPSA) is 37.2 Å². The Morgan fingerprint density at radius 2 is 1.67 bits per heavy atom. The Bertz CT molecular complexity index is 932. The molecular formula is C24H30ClN5. The number of hydrogen-bond acceptors (Lipinski definition) is 4. The smallest absolute Gasteiger partial charge is 0.127 e. The fourth-order valence-electron chi connectivity index (χ4n) is 4.29. The van der Waals surface area contributed by atoms with E-state index in [9.17, 15) is 0 Å². The molecule has 158 valence electrons. The van der Waals surface area contributed by atoms with Gasteiger partial charge in [-0.2, -0.15) is 0 Å². The second kappa shape index (κ2) is 9.63. The highest BCUT2D eigenvalue weighted by Gasteiger charge is 2.21. The van der Waals surface area contributed by atoms with Crippen LogP contribution in [0.15, 0.2) is 55.0 Å². The Balaban J connectivity index is 1.58. The van der Waals surface area contributed by atoms with Crippen LogP contribution in [-0.4, -0.2) is 39.6 Å². The molecule has 0 N–H and O–H groups in total. The van der Waals surface area contributed by atoms with E-state index in [4.69, 9.17) is 16.6 Å². The zero-order valence-corrected chi connectivity index (χ0v) is 18.6. The molecule has 3 aromatic rings. The molecule has 4 rings (SSSR count). The number of nitrogens with zero attached hydrogens (tertiary/aromatic N) is 5. The average Bonchev–Trinajstić information content (AvgIpc) is 3.17. The van der Waals surface area contributed by atoms with E-state index in [1.807, 2.05) is 36.7 Å². The summed E-state index contributed by atoms with van der Waals surface area (Å²) in [4.78, 5) is 13.8. The lowest BCUT2D eigenvalue weighted by Gasteiger charge is -2.31. The van der Waals surface area contributed by atoms with Crippen molar-refractivity contribution in [2.24, 2.45) is 0 Å². The maximum atomic E-state index is 6.12. The summed E-state index contributed by atoms with van der Waals surface area (Å²) < 4.78 is 2.21. The van der Waals surface area contributed by atoms with Crippen LogP contribution in [0.3, 0.4) is 0 Å². The second-order valence-electron chi connectivity index (χ2n) is 8.26. The van der Waals surface area contributed by atoms with Crippen molar-refractivity contribution in [1.82, 2.24) is 19.4 Å². The SMILES string of the molecule is CN(Cc1cn(-c2ccc(Cl)cc2)c(CN(C)C2CCCCC2)n1)c1ccncc1. The van der Waals surface area contributed by atoms with Crippen molar-refractivity contribution < 1.29 is 0 Å². The average molecular weight is 424 g/mol. The van der Waals surface area contributed by atoms with E-state index < -0.39 is 0 Å². The van der Waals surface area contributed by atoms with Crippen LogP contribution >= 0.6 is 11.6 Å². The highest BCUT2D eigenvalue weighted by Crippen LogP contribution is 2.24. The van der Waals surface area contributed by atoms with Gasteiger partial charge >= 0.3 is 0 Å². The highest BCUT2D eigenvalue weighted by atomic mass is 35.5. The van der Waals surface area contributed by atoms with Crippen LogP contribution in [0.25, 0.3) is 5.69 Å². The van der Waals surface area contributed by atoms with Crippen LogP contribution < -0.4 is 4.90 Å². The zero-order valence-electron chi connectivity index (χ0n) is 17.8. The first-order valence-corrected chi connectivity index (χ1v) is 11.1. The van der Waals surface area contributed by atoms with Gasteiger partial charge in [-0.3, -0.25) is 9.88 Å². The Morgan fingerprint density at radius 1 is 0.967 bits per heavy atom. The lowest BCUT2D eigenvalue weighted by molar-refractivity contribution is 0.180. The van der Waals surface area contributed by atoms with Crippen LogP contribution in [0.1, 0.15) is 43.6 Å². The lowest BCUT2D eigenvalue weighted by Crippen LogP contribution is -2.33. The summed E-state index contributed by atoms with van der Waals surface area (Å²) >= 11 is 6.12. The molecule has 1 saturated carbocycles. The molecule has 5 nitrogen and oxygen atoms in total. The Hall–Kier alpha value is -2.37. The van der Waals surface area contributed by atoms with Gasteiger partial charge in [-0.1, -0.05) is 30.9 Å². The predicted octanol–water partition coefficient (Wildman–Crippen LogP) is 5.32. The van der Waals surface area contributed by atoms with Crippen molar-refractivity contribution in [3.05, 3.63) is 71.5 Å². The number of anilines is 1. The highest BCUT2D eigenvalue weighted by molar-refractivity contribution is 6.30. The molecule has 1 aromatic carbocycles. The Morgan fingerprint density at radius 3 is 2.37 bits per heavy atom. The summed E-state index contributed by atoms with van der Waals surface area (Å²) in [5, 5.41) is 0.748. The predicted molar refractivity (Wildman–Crippen MR) is 123 cm³/mol. The van der Waals surface area contributed by atoms with E-state index in [0.29, 0.717) is 6.04 Å². The molecule has 0 radical (unpaired) electrons. The van der Waals surface area contributed by atoms with E-state index in [1.54, 1.807) is 0 Å². The van der Waals surface area contributed by atoms with Gasteiger partial charge in [-0.25, -0.2) is 4.98 Å². The maximum absolute atomic E-state index is 6.12. The van der Waals surface area contributed by atoms with E-state index in [2.05, 4.69) is 51.8 Å². The number of hydrogen-bond donors (Lipinski definition) is 0. The standard InChI is InChI=1S/C24H30ClN5/c1-28(22-12-14-26-15-13-22)16-20-17-30(23-10-8-19(25)9-11-23)24(27-20)18-29(2)21-6-4-3-5-7-21/h8-15,17,21H,3-7,16,18H2,1-2H3.